The Hall–Kier alpha value is -3.34. The Labute approximate surface area is 203 Å². The smallest absolute Gasteiger partial charge is 0.254 e. The average Bonchev–Trinajstić information content (AvgIpc) is 3.21. The highest BCUT2D eigenvalue weighted by molar-refractivity contribution is 5.96. The van der Waals surface area contributed by atoms with Crippen molar-refractivity contribution in [2.45, 2.75) is 66.1 Å². The molecular formula is C29H36N2O3. The third-order valence-corrected chi connectivity index (χ3v) is 5.90. The number of hydrogen-bond donors (Lipinski definition) is 0. The minimum atomic E-state index is -0.141. The first-order valence-electron chi connectivity index (χ1n) is 11.8. The molecule has 0 bridgehead atoms. The van der Waals surface area contributed by atoms with Crippen molar-refractivity contribution in [3.05, 3.63) is 94.9 Å². The number of rotatable bonds is 8. The van der Waals surface area contributed by atoms with Gasteiger partial charge in [-0.25, -0.2) is 0 Å². The molecule has 0 saturated heterocycles. The van der Waals surface area contributed by atoms with Crippen LogP contribution in [0.5, 0.6) is 0 Å². The average molecular weight is 461 g/mol. The van der Waals surface area contributed by atoms with Crippen molar-refractivity contribution in [2.24, 2.45) is 0 Å². The molecule has 0 aliphatic heterocycles. The first-order valence-corrected chi connectivity index (χ1v) is 11.8. The van der Waals surface area contributed by atoms with Crippen LogP contribution in [-0.2, 0) is 23.3 Å². The number of benzene rings is 2. The minimum absolute atomic E-state index is 0.00401. The Bertz CT molecular complexity index is 1090. The van der Waals surface area contributed by atoms with Gasteiger partial charge in [0.15, 0.2) is 0 Å². The molecule has 0 N–H and O–H groups in total. The number of hydrogen-bond acceptors (Lipinski definition) is 3. The van der Waals surface area contributed by atoms with Crippen LogP contribution in [0.25, 0.3) is 0 Å². The van der Waals surface area contributed by atoms with Gasteiger partial charge in [0.25, 0.3) is 5.91 Å². The SMILES string of the molecule is Cc1ccc(CN(Cc2ccccc2)C(=O)CN(C(=O)c2ccc(C(C)(C)C)cc2)C(C)C)o1. The van der Waals surface area contributed by atoms with Crippen LogP contribution in [-0.4, -0.2) is 34.2 Å². The highest BCUT2D eigenvalue weighted by Crippen LogP contribution is 2.23. The van der Waals surface area contributed by atoms with E-state index in [4.69, 9.17) is 4.42 Å². The van der Waals surface area contributed by atoms with Gasteiger partial charge in [-0.2, -0.15) is 0 Å². The molecule has 0 aliphatic carbocycles. The Morgan fingerprint density at radius 2 is 1.53 bits per heavy atom. The maximum Gasteiger partial charge on any atom is 0.254 e. The van der Waals surface area contributed by atoms with E-state index in [-0.39, 0.29) is 29.8 Å². The van der Waals surface area contributed by atoms with Crippen molar-refractivity contribution >= 4 is 11.8 Å². The normalized spacial score (nSPS) is 11.5. The van der Waals surface area contributed by atoms with Crippen LogP contribution < -0.4 is 0 Å². The van der Waals surface area contributed by atoms with Gasteiger partial charge < -0.3 is 14.2 Å². The second-order valence-electron chi connectivity index (χ2n) is 10.1. The standard InChI is InChI=1S/C29H36N2O3/c1-21(2)31(28(33)24-13-15-25(16-14-24)29(4,5)6)20-27(32)30(18-23-10-8-7-9-11-23)19-26-17-12-22(3)34-26/h7-17,21H,18-20H2,1-6H3. The minimum Gasteiger partial charge on any atom is -0.464 e. The second kappa shape index (κ2) is 10.7. The van der Waals surface area contributed by atoms with E-state index in [1.54, 1.807) is 9.80 Å². The third-order valence-electron chi connectivity index (χ3n) is 5.90. The van der Waals surface area contributed by atoms with Crippen molar-refractivity contribution < 1.29 is 14.0 Å². The Balaban J connectivity index is 1.80. The number of carbonyl (C=O) groups is 2. The van der Waals surface area contributed by atoms with Crippen LogP contribution in [0, 0.1) is 6.92 Å². The van der Waals surface area contributed by atoms with Gasteiger partial charge in [-0.15, -0.1) is 0 Å². The van der Waals surface area contributed by atoms with Crippen LogP contribution in [0.1, 0.15) is 67.6 Å². The lowest BCUT2D eigenvalue weighted by atomic mass is 9.86. The molecule has 2 amide bonds. The maximum atomic E-state index is 13.5. The van der Waals surface area contributed by atoms with E-state index in [0.29, 0.717) is 18.7 Å². The fourth-order valence-electron chi connectivity index (χ4n) is 3.81. The molecule has 3 aromatic rings. The molecule has 180 valence electrons. The fraction of sp³-hybridized carbons (Fsp3) is 0.379. The molecule has 0 radical (unpaired) electrons. The lowest BCUT2D eigenvalue weighted by Crippen LogP contribution is -2.45. The topological polar surface area (TPSA) is 53.8 Å². The Morgan fingerprint density at radius 3 is 2.06 bits per heavy atom. The van der Waals surface area contributed by atoms with Gasteiger partial charge in [0.05, 0.1) is 6.54 Å². The van der Waals surface area contributed by atoms with E-state index >= 15 is 0 Å². The van der Waals surface area contributed by atoms with Gasteiger partial charge in [0.1, 0.15) is 18.1 Å². The van der Waals surface area contributed by atoms with Gasteiger partial charge in [0.2, 0.25) is 5.91 Å². The van der Waals surface area contributed by atoms with Gasteiger partial charge >= 0.3 is 0 Å². The molecule has 1 aromatic heterocycles. The van der Waals surface area contributed by atoms with Gasteiger partial charge in [0, 0.05) is 18.2 Å². The summed E-state index contributed by atoms with van der Waals surface area (Å²) in [5.74, 6) is 1.27. The highest BCUT2D eigenvalue weighted by Gasteiger charge is 2.26. The van der Waals surface area contributed by atoms with E-state index in [1.807, 2.05) is 87.5 Å². The summed E-state index contributed by atoms with van der Waals surface area (Å²) < 4.78 is 5.74. The summed E-state index contributed by atoms with van der Waals surface area (Å²) in [7, 11) is 0. The first kappa shape index (κ1) is 25.3. The Kier molecular flexibility index (Phi) is 7.98. The molecule has 0 saturated carbocycles. The number of nitrogens with zero attached hydrogens (tertiary/aromatic N) is 2. The number of carbonyl (C=O) groups excluding carboxylic acids is 2. The number of amides is 2. The zero-order valence-corrected chi connectivity index (χ0v) is 21.2. The quantitative estimate of drug-likeness (QED) is 0.416. The molecule has 3 rings (SSSR count). The highest BCUT2D eigenvalue weighted by atomic mass is 16.3. The zero-order chi connectivity index (χ0) is 24.9. The predicted octanol–water partition coefficient (Wildman–Crippen LogP) is 5.97. The van der Waals surface area contributed by atoms with E-state index in [1.165, 1.54) is 5.56 Å². The van der Waals surface area contributed by atoms with E-state index < -0.39 is 0 Å². The van der Waals surface area contributed by atoms with E-state index in [9.17, 15) is 9.59 Å². The van der Waals surface area contributed by atoms with Gasteiger partial charge in [-0.1, -0.05) is 63.2 Å². The fourth-order valence-corrected chi connectivity index (χ4v) is 3.81. The summed E-state index contributed by atoms with van der Waals surface area (Å²) in [6.45, 7) is 13.0. The zero-order valence-electron chi connectivity index (χ0n) is 21.2. The summed E-state index contributed by atoms with van der Waals surface area (Å²) in [4.78, 5) is 30.2. The lowest BCUT2D eigenvalue weighted by molar-refractivity contribution is -0.133. The van der Waals surface area contributed by atoms with E-state index in [0.717, 1.165) is 17.1 Å². The van der Waals surface area contributed by atoms with Crippen molar-refractivity contribution in [3.63, 3.8) is 0 Å². The molecular weight excluding hydrogens is 424 g/mol. The van der Waals surface area contributed by atoms with E-state index in [2.05, 4.69) is 20.8 Å². The third kappa shape index (κ3) is 6.60. The van der Waals surface area contributed by atoms with Gasteiger partial charge in [-0.3, -0.25) is 9.59 Å². The molecule has 0 spiro atoms. The summed E-state index contributed by atoms with van der Waals surface area (Å²) in [5, 5.41) is 0. The molecule has 0 unspecified atom stereocenters. The van der Waals surface area contributed by atoms with Crippen LogP contribution in [0.4, 0.5) is 0 Å². The second-order valence-corrected chi connectivity index (χ2v) is 10.1. The van der Waals surface area contributed by atoms with Crippen LogP contribution >= 0.6 is 0 Å². The van der Waals surface area contributed by atoms with Gasteiger partial charge in [-0.05, 0) is 61.6 Å². The largest absolute Gasteiger partial charge is 0.464 e. The van der Waals surface area contributed by atoms with Crippen molar-refractivity contribution in [2.75, 3.05) is 6.54 Å². The van der Waals surface area contributed by atoms with Crippen LogP contribution in [0.15, 0.2) is 71.1 Å². The number of aryl methyl sites for hydroxylation is 1. The molecule has 0 atom stereocenters. The molecule has 0 fully saturated rings. The molecule has 2 aromatic carbocycles. The summed E-state index contributed by atoms with van der Waals surface area (Å²) in [6, 6.07) is 21.2. The monoisotopic (exact) mass is 460 g/mol. The molecule has 34 heavy (non-hydrogen) atoms. The summed E-state index contributed by atoms with van der Waals surface area (Å²) in [5.41, 5.74) is 2.79. The summed E-state index contributed by atoms with van der Waals surface area (Å²) >= 11 is 0. The number of furan rings is 1. The van der Waals surface area contributed by atoms with Crippen LogP contribution in [0.3, 0.4) is 0 Å². The van der Waals surface area contributed by atoms with Crippen molar-refractivity contribution in [1.82, 2.24) is 9.80 Å². The first-order chi connectivity index (χ1) is 16.0. The molecule has 5 heteroatoms. The van der Waals surface area contributed by atoms with Crippen molar-refractivity contribution in [1.29, 1.82) is 0 Å². The summed E-state index contributed by atoms with van der Waals surface area (Å²) in [6.07, 6.45) is 0. The molecule has 5 nitrogen and oxygen atoms in total. The molecule has 1 heterocycles. The predicted molar refractivity (Wildman–Crippen MR) is 135 cm³/mol. The maximum absolute atomic E-state index is 13.5. The lowest BCUT2D eigenvalue weighted by Gasteiger charge is -2.30. The van der Waals surface area contributed by atoms with Crippen LogP contribution in [0.2, 0.25) is 0 Å². The molecule has 0 aliphatic rings. The Morgan fingerprint density at radius 1 is 0.882 bits per heavy atom. The van der Waals surface area contributed by atoms with Crippen molar-refractivity contribution in [3.8, 4) is 0 Å².